The Morgan fingerprint density at radius 2 is 1.89 bits per heavy atom. The van der Waals surface area contributed by atoms with Gasteiger partial charge in [0.05, 0.1) is 10.9 Å². The van der Waals surface area contributed by atoms with E-state index in [-0.39, 0.29) is 12.5 Å². The summed E-state index contributed by atoms with van der Waals surface area (Å²) in [6.07, 6.45) is 1.70. The summed E-state index contributed by atoms with van der Waals surface area (Å²) < 4.78 is 1.29. The molecule has 0 unspecified atom stereocenters. The Labute approximate surface area is 156 Å². The van der Waals surface area contributed by atoms with Crippen LogP contribution >= 0.6 is 0 Å². The molecule has 0 bridgehead atoms. The average molecular weight is 365 g/mol. The van der Waals surface area contributed by atoms with E-state index < -0.39 is 11.2 Å². The number of H-pyrrole nitrogens is 1. The maximum atomic E-state index is 12.3. The summed E-state index contributed by atoms with van der Waals surface area (Å²) >= 11 is 0. The van der Waals surface area contributed by atoms with Crippen molar-refractivity contribution >= 4 is 16.8 Å². The van der Waals surface area contributed by atoms with E-state index in [0.29, 0.717) is 17.4 Å². The lowest BCUT2D eigenvalue weighted by Crippen LogP contribution is -2.36. The first kappa shape index (κ1) is 18.6. The molecule has 0 spiro atoms. The number of fused-ring (bicyclic) bond motifs is 1. The molecule has 0 aliphatic rings. The van der Waals surface area contributed by atoms with Gasteiger partial charge in [-0.15, -0.1) is 0 Å². The molecule has 6 heteroatoms. The van der Waals surface area contributed by atoms with Crippen LogP contribution in [0.15, 0.2) is 52.1 Å². The predicted octanol–water partition coefficient (Wildman–Crippen LogP) is 2.06. The van der Waals surface area contributed by atoms with Crippen LogP contribution < -0.4 is 16.6 Å². The fraction of sp³-hybridized carbons (Fsp3) is 0.286. The Hall–Kier alpha value is -3.15. The third kappa shape index (κ3) is 4.34. The second-order valence-electron chi connectivity index (χ2n) is 6.75. The lowest BCUT2D eigenvalue weighted by molar-refractivity contribution is -0.121. The fourth-order valence-corrected chi connectivity index (χ4v) is 3.23. The van der Waals surface area contributed by atoms with Gasteiger partial charge in [-0.25, -0.2) is 4.79 Å². The molecule has 2 aromatic carbocycles. The lowest BCUT2D eigenvalue weighted by Gasteiger charge is -2.10. The van der Waals surface area contributed by atoms with Gasteiger partial charge in [-0.2, -0.15) is 0 Å². The molecule has 6 nitrogen and oxygen atoms in total. The number of benzene rings is 2. The Kier molecular flexibility index (Phi) is 5.54. The lowest BCUT2D eigenvalue weighted by atomic mass is 10.0. The van der Waals surface area contributed by atoms with Crippen molar-refractivity contribution in [2.45, 2.75) is 33.2 Å². The maximum Gasteiger partial charge on any atom is 0.329 e. The number of aromatic nitrogens is 2. The van der Waals surface area contributed by atoms with E-state index in [9.17, 15) is 14.4 Å². The Morgan fingerprint density at radius 1 is 1.11 bits per heavy atom. The maximum absolute atomic E-state index is 12.3. The normalized spacial score (nSPS) is 10.9. The van der Waals surface area contributed by atoms with Gasteiger partial charge < -0.3 is 5.32 Å². The molecular formula is C21H23N3O3. The number of nitrogens with one attached hydrogen (secondary N) is 2. The number of para-hydroxylation sites is 1. The topological polar surface area (TPSA) is 84.0 Å². The molecule has 3 aromatic rings. The zero-order valence-electron chi connectivity index (χ0n) is 15.5. The monoisotopic (exact) mass is 365 g/mol. The van der Waals surface area contributed by atoms with Crippen LogP contribution in [0, 0.1) is 13.8 Å². The fourth-order valence-electron chi connectivity index (χ4n) is 3.23. The van der Waals surface area contributed by atoms with E-state index in [0.717, 1.165) is 12.8 Å². The van der Waals surface area contributed by atoms with Crippen LogP contribution in [-0.2, 0) is 17.8 Å². The first-order valence-corrected chi connectivity index (χ1v) is 9.00. The molecule has 2 N–H and O–H groups in total. The number of carbonyl (C=O) groups excluding carboxylic acids is 1. The van der Waals surface area contributed by atoms with Crippen LogP contribution in [0.4, 0.5) is 0 Å². The van der Waals surface area contributed by atoms with Gasteiger partial charge in [-0.1, -0.05) is 35.9 Å². The second-order valence-corrected chi connectivity index (χ2v) is 6.75. The van der Waals surface area contributed by atoms with Gasteiger partial charge in [-0.3, -0.25) is 19.1 Å². The molecule has 1 amide bonds. The van der Waals surface area contributed by atoms with Crippen LogP contribution in [0.3, 0.4) is 0 Å². The highest BCUT2D eigenvalue weighted by atomic mass is 16.2. The highest BCUT2D eigenvalue weighted by Crippen LogP contribution is 2.12. The standard InChI is InChI=1S/C21H23N3O3/c1-14-9-10-16(15(2)12-14)6-5-11-22-19(25)13-24-18-8-4-3-7-17(18)20(26)23-21(24)27/h3-4,7-10,12H,5-6,11,13H2,1-2H3,(H,22,25)(H,23,26,27). The number of aromatic amines is 1. The van der Waals surface area contributed by atoms with Crippen LogP contribution in [0.25, 0.3) is 10.9 Å². The van der Waals surface area contributed by atoms with Crippen molar-refractivity contribution in [3.63, 3.8) is 0 Å². The first-order valence-electron chi connectivity index (χ1n) is 9.00. The molecule has 0 fully saturated rings. The van der Waals surface area contributed by atoms with Gasteiger partial charge in [0.15, 0.2) is 0 Å². The Morgan fingerprint density at radius 3 is 2.67 bits per heavy atom. The summed E-state index contributed by atoms with van der Waals surface area (Å²) in [5, 5.41) is 3.24. The van der Waals surface area contributed by atoms with Crippen molar-refractivity contribution in [3.8, 4) is 0 Å². The molecule has 0 saturated heterocycles. The molecule has 0 radical (unpaired) electrons. The summed E-state index contributed by atoms with van der Waals surface area (Å²) in [6, 6.07) is 13.1. The number of aryl methyl sites for hydroxylation is 3. The minimum atomic E-state index is -0.580. The molecule has 0 aliphatic heterocycles. The molecule has 3 rings (SSSR count). The van der Waals surface area contributed by atoms with Crippen molar-refractivity contribution in [2.24, 2.45) is 0 Å². The summed E-state index contributed by atoms with van der Waals surface area (Å²) in [4.78, 5) is 38.5. The van der Waals surface area contributed by atoms with Crippen LogP contribution in [-0.4, -0.2) is 22.0 Å². The molecule has 1 heterocycles. The smallest absolute Gasteiger partial charge is 0.329 e. The zero-order chi connectivity index (χ0) is 19.4. The number of hydrogen-bond donors (Lipinski definition) is 2. The Bertz CT molecular complexity index is 1100. The number of rotatable bonds is 6. The molecule has 0 saturated carbocycles. The van der Waals surface area contributed by atoms with E-state index in [1.54, 1.807) is 24.3 Å². The van der Waals surface area contributed by atoms with E-state index in [2.05, 4.69) is 42.3 Å². The average Bonchev–Trinajstić information content (AvgIpc) is 2.63. The summed E-state index contributed by atoms with van der Waals surface area (Å²) in [7, 11) is 0. The third-order valence-corrected chi connectivity index (χ3v) is 4.65. The largest absolute Gasteiger partial charge is 0.355 e. The van der Waals surface area contributed by atoms with Crippen molar-refractivity contribution in [2.75, 3.05) is 6.54 Å². The van der Waals surface area contributed by atoms with Crippen LogP contribution in [0.2, 0.25) is 0 Å². The summed E-state index contributed by atoms with van der Waals surface area (Å²) in [6.45, 7) is 4.57. The zero-order valence-corrected chi connectivity index (χ0v) is 15.5. The Balaban J connectivity index is 1.61. The van der Waals surface area contributed by atoms with Gasteiger partial charge in [0.2, 0.25) is 5.91 Å². The van der Waals surface area contributed by atoms with Crippen molar-refractivity contribution in [3.05, 3.63) is 80.0 Å². The number of amides is 1. The highest BCUT2D eigenvalue weighted by Gasteiger charge is 2.10. The van der Waals surface area contributed by atoms with Crippen molar-refractivity contribution < 1.29 is 4.79 Å². The van der Waals surface area contributed by atoms with Gasteiger partial charge in [-0.05, 0) is 49.9 Å². The van der Waals surface area contributed by atoms with Crippen molar-refractivity contribution in [1.82, 2.24) is 14.9 Å². The van der Waals surface area contributed by atoms with Crippen LogP contribution in [0.1, 0.15) is 23.1 Å². The number of hydrogen-bond acceptors (Lipinski definition) is 3. The first-order chi connectivity index (χ1) is 13.0. The van der Waals surface area contributed by atoms with Gasteiger partial charge in [0.1, 0.15) is 6.54 Å². The molecular weight excluding hydrogens is 342 g/mol. The minimum Gasteiger partial charge on any atom is -0.355 e. The van der Waals surface area contributed by atoms with E-state index in [1.165, 1.54) is 21.3 Å². The molecule has 0 aliphatic carbocycles. The SMILES string of the molecule is Cc1ccc(CCCNC(=O)Cn2c(=O)[nH]c(=O)c3ccccc32)c(C)c1. The minimum absolute atomic E-state index is 0.125. The van der Waals surface area contributed by atoms with Gasteiger partial charge >= 0.3 is 5.69 Å². The molecule has 1 aromatic heterocycles. The number of nitrogens with zero attached hydrogens (tertiary/aromatic N) is 1. The quantitative estimate of drug-likeness (QED) is 0.656. The highest BCUT2D eigenvalue weighted by molar-refractivity contribution is 5.81. The molecule has 27 heavy (non-hydrogen) atoms. The van der Waals surface area contributed by atoms with E-state index in [1.807, 2.05) is 0 Å². The second kappa shape index (κ2) is 8.03. The third-order valence-electron chi connectivity index (χ3n) is 4.65. The summed E-state index contributed by atoms with van der Waals surface area (Å²) in [5.41, 5.74) is 3.20. The number of carbonyl (C=O) groups is 1. The predicted molar refractivity (Wildman–Crippen MR) is 106 cm³/mol. The van der Waals surface area contributed by atoms with Crippen LogP contribution in [0.5, 0.6) is 0 Å². The van der Waals surface area contributed by atoms with Gasteiger partial charge in [0, 0.05) is 6.54 Å². The molecule has 140 valence electrons. The summed E-state index contributed by atoms with van der Waals surface area (Å²) in [5.74, 6) is -0.255. The van der Waals surface area contributed by atoms with Gasteiger partial charge in [0.25, 0.3) is 5.56 Å². The molecule has 0 atom stereocenters. The van der Waals surface area contributed by atoms with Crippen molar-refractivity contribution in [1.29, 1.82) is 0 Å². The van der Waals surface area contributed by atoms with E-state index in [4.69, 9.17) is 0 Å². The van der Waals surface area contributed by atoms with E-state index >= 15 is 0 Å².